The summed E-state index contributed by atoms with van der Waals surface area (Å²) in [6.07, 6.45) is 13.8. The summed E-state index contributed by atoms with van der Waals surface area (Å²) < 4.78 is 16.8. The molecular formula is C33H60O6. The summed E-state index contributed by atoms with van der Waals surface area (Å²) in [5, 5.41) is 0. The minimum Gasteiger partial charge on any atom is -0.465 e. The molecule has 1 rings (SSSR count). The molecule has 0 aromatic carbocycles. The van der Waals surface area contributed by atoms with E-state index in [-0.39, 0.29) is 23.8 Å². The van der Waals surface area contributed by atoms with E-state index in [0.29, 0.717) is 56.8 Å². The van der Waals surface area contributed by atoms with Crippen LogP contribution in [0.5, 0.6) is 0 Å². The first-order chi connectivity index (χ1) is 18.6. The summed E-state index contributed by atoms with van der Waals surface area (Å²) in [6, 6.07) is 0. The van der Waals surface area contributed by atoms with Gasteiger partial charge in [0.05, 0.1) is 37.6 Å². The van der Waals surface area contributed by atoms with E-state index in [0.717, 1.165) is 57.8 Å². The van der Waals surface area contributed by atoms with E-state index in [2.05, 4.69) is 41.5 Å². The highest BCUT2D eigenvalue weighted by Crippen LogP contribution is 2.36. The molecule has 1 fully saturated rings. The Balaban J connectivity index is 2.59. The molecule has 6 nitrogen and oxygen atoms in total. The van der Waals surface area contributed by atoms with Gasteiger partial charge in [0.15, 0.2) is 0 Å². The van der Waals surface area contributed by atoms with Crippen LogP contribution in [-0.2, 0) is 28.6 Å². The van der Waals surface area contributed by atoms with E-state index in [4.69, 9.17) is 14.2 Å². The minimum absolute atomic E-state index is 0.248. The normalized spacial score (nSPS) is 19.5. The molecule has 3 unspecified atom stereocenters. The van der Waals surface area contributed by atoms with Crippen LogP contribution < -0.4 is 0 Å². The molecule has 0 spiro atoms. The van der Waals surface area contributed by atoms with Crippen molar-refractivity contribution >= 4 is 17.9 Å². The van der Waals surface area contributed by atoms with Gasteiger partial charge in [0, 0.05) is 0 Å². The van der Waals surface area contributed by atoms with Crippen LogP contribution in [0.4, 0.5) is 0 Å². The third-order valence-corrected chi connectivity index (χ3v) is 7.80. The van der Waals surface area contributed by atoms with Gasteiger partial charge in [0.2, 0.25) is 0 Å². The zero-order valence-corrected chi connectivity index (χ0v) is 26.1. The molecular weight excluding hydrogens is 492 g/mol. The van der Waals surface area contributed by atoms with Gasteiger partial charge in [-0.1, -0.05) is 99.3 Å². The monoisotopic (exact) mass is 552 g/mol. The molecule has 0 heterocycles. The summed E-state index contributed by atoms with van der Waals surface area (Å²) in [6.45, 7) is 14.4. The van der Waals surface area contributed by atoms with E-state index in [1.54, 1.807) is 0 Å². The number of hydrogen-bond donors (Lipinski definition) is 0. The predicted molar refractivity (Wildman–Crippen MR) is 157 cm³/mol. The number of carbonyl (C=O) groups excluding carboxylic acids is 3. The Morgan fingerprint density at radius 2 is 0.897 bits per heavy atom. The van der Waals surface area contributed by atoms with Gasteiger partial charge in [-0.15, -0.1) is 0 Å². The van der Waals surface area contributed by atoms with Gasteiger partial charge in [-0.05, 0) is 56.3 Å². The van der Waals surface area contributed by atoms with Crippen LogP contribution in [0, 0.1) is 35.5 Å². The number of unbranched alkanes of at least 4 members (excludes halogenated alkanes) is 6. The van der Waals surface area contributed by atoms with Crippen molar-refractivity contribution in [1.29, 1.82) is 0 Å². The van der Waals surface area contributed by atoms with Gasteiger partial charge < -0.3 is 14.2 Å². The molecule has 0 amide bonds. The number of carbonyl (C=O) groups is 3. The maximum atomic E-state index is 13.1. The highest BCUT2D eigenvalue weighted by Gasteiger charge is 2.43. The quantitative estimate of drug-likeness (QED) is 0.0809. The van der Waals surface area contributed by atoms with Crippen LogP contribution >= 0.6 is 0 Å². The fourth-order valence-electron chi connectivity index (χ4n) is 5.27. The molecule has 1 aliphatic carbocycles. The van der Waals surface area contributed by atoms with Gasteiger partial charge in [-0.3, -0.25) is 14.4 Å². The Kier molecular flexibility index (Phi) is 19.3. The van der Waals surface area contributed by atoms with Crippen LogP contribution in [0.3, 0.4) is 0 Å². The summed E-state index contributed by atoms with van der Waals surface area (Å²) in [7, 11) is 0. The Morgan fingerprint density at radius 1 is 0.513 bits per heavy atom. The Hall–Kier alpha value is -1.59. The molecule has 0 saturated heterocycles. The first-order valence-corrected chi connectivity index (χ1v) is 16.1. The molecule has 0 aliphatic heterocycles. The van der Waals surface area contributed by atoms with Crippen molar-refractivity contribution in [2.75, 3.05) is 19.8 Å². The third-order valence-electron chi connectivity index (χ3n) is 7.80. The highest BCUT2D eigenvalue weighted by atomic mass is 16.5. The largest absolute Gasteiger partial charge is 0.465 e. The number of esters is 3. The van der Waals surface area contributed by atoms with Crippen LogP contribution in [0.25, 0.3) is 0 Å². The summed E-state index contributed by atoms with van der Waals surface area (Å²) in [5.74, 6) is -0.461. The van der Waals surface area contributed by atoms with Crippen molar-refractivity contribution in [3.05, 3.63) is 0 Å². The molecule has 39 heavy (non-hydrogen) atoms. The molecule has 0 radical (unpaired) electrons. The summed E-state index contributed by atoms with van der Waals surface area (Å²) in [4.78, 5) is 38.9. The lowest BCUT2D eigenvalue weighted by Crippen LogP contribution is -2.40. The maximum absolute atomic E-state index is 13.1. The molecule has 6 heteroatoms. The lowest BCUT2D eigenvalue weighted by molar-refractivity contribution is -0.167. The van der Waals surface area contributed by atoms with Crippen molar-refractivity contribution in [3.8, 4) is 0 Å². The Labute approximate surface area is 239 Å². The highest BCUT2D eigenvalue weighted by molar-refractivity contribution is 5.83. The van der Waals surface area contributed by atoms with Crippen molar-refractivity contribution in [2.24, 2.45) is 35.5 Å². The van der Waals surface area contributed by atoms with Crippen LogP contribution in [-0.4, -0.2) is 37.7 Å². The molecule has 0 bridgehead atoms. The zero-order chi connectivity index (χ0) is 29.0. The van der Waals surface area contributed by atoms with Crippen molar-refractivity contribution in [1.82, 2.24) is 0 Å². The van der Waals surface area contributed by atoms with Crippen molar-refractivity contribution < 1.29 is 28.6 Å². The molecule has 0 N–H and O–H groups in total. The van der Waals surface area contributed by atoms with E-state index < -0.39 is 11.8 Å². The average molecular weight is 553 g/mol. The third kappa shape index (κ3) is 17.0. The van der Waals surface area contributed by atoms with Gasteiger partial charge in [0.25, 0.3) is 0 Å². The van der Waals surface area contributed by atoms with Gasteiger partial charge in [0.1, 0.15) is 0 Å². The average Bonchev–Trinajstić information content (AvgIpc) is 2.88. The molecule has 228 valence electrons. The first-order valence-electron chi connectivity index (χ1n) is 16.1. The maximum Gasteiger partial charge on any atom is 0.309 e. The molecule has 1 aliphatic rings. The fraction of sp³-hybridized carbons (Fsp3) is 0.909. The van der Waals surface area contributed by atoms with Crippen molar-refractivity contribution in [3.63, 3.8) is 0 Å². The Morgan fingerprint density at radius 3 is 1.31 bits per heavy atom. The topological polar surface area (TPSA) is 78.9 Å². The summed E-state index contributed by atoms with van der Waals surface area (Å²) >= 11 is 0. The minimum atomic E-state index is -0.647. The molecule has 1 saturated carbocycles. The summed E-state index contributed by atoms with van der Waals surface area (Å²) in [5.41, 5.74) is 0. The second-order valence-electron chi connectivity index (χ2n) is 13.0. The van der Waals surface area contributed by atoms with E-state index in [1.165, 1.54) is 19.3 Å². The fourth-order valence-corrected chi connectivity index (χ4v) is 5.27. The van der Waals surface area contributed by atoms with E-state index in [9.17, 15) is 14.4 Å². The Bertz CT molecular complexity index is 671. The zero-order valence-electron chi connectivity index (χ0n) is 26.1. The predicted octanol–water partition coefficient (Wildman–Crippen LogP) is 8.30. The van der Waals surface area contributed by atoms with Crippen LogP contribution in [0.1, 0.15) is 138 Å². The molecule has 0 aromatic heterocycles. The first kappa shape index (κ1) is 35.4. The number of ether oxygens (including phenoxy) is 3. The second kappa shape index (κ2) is 21.2. The van der Waals surface area contributed by atoms with E-state index in [1.807, 2.05) is 0 Å². The lowest BCUT2D eigenvalue weighted by Gasteiger charge is -2.32. The van der Waals surface area contributed by atoms with Gasteiger partial charge in [-0.2, -0.15) is 0 Å². The van der Waals surface area contributed by atoms with Crippen LogP contribution in [0.15, 0.2) is 0 Å². The number of hydrogen-bond acceptors (Lipinski definition) is 6. The van der Waals surface area contributed by atoms with Gasteiger partial charge >= 0.3 is 17.9 Å². The van der Waals surface area contributed by atoms with Gasteiger partial charge in [-0.25, -0.2) is 0 Å². The van der Waals surface area contributed by atoms with Crippen molar-refractivity contribution in [2.45, 2.75) is 138 Å². The van der Waals surface area contributed by atoms with Crippen LogP contribution in [0.2, 0.25) is 0 Å². The molecule has 0 aromatic rings. The van der Waals surface area contributed by atoms with E-state index >= 15 is 0 Å². The smallest absolute Gasteiger partial charge is 0.309 e. The second-order valence-corrected chi connectivity index (χ2v) is 13.0. The number of rotatable bonds is 21. The standard InChI is InChI=1S/C33H60O6/c1-25(2)16-10-7-13-21-37-31(34)28-19-20-29(32(35)38-22-14-8-11-17-26(3)4)30(24-28)33(36)39-23-15-9-12-18-27(5)6/h25-30H,7-24H2,1-6H3. The molecule has 3 atom stereocenters. The SMILES string of the molecule is CC(C)CCCCCOC(=O)C1CCC(C(=O)OCCCCCC(C)C)C(C(=O)OCCCCCC(C)C)C1. The lowest BCUT2D eigenvalue weighted by atomic mass is 9.74.